The molecule has 5 radical (unpaired) electrons. The fraction of sp³-hybridized carbons (Fsp3) is 0.333. The second-order valence-corrected chi connectivity index (χ2v) is 5.35. The molecule has 1 aromatic rings. The topological polar surface area (TPSA) is 0 Å². The van der Waals surface area contributed by atoms with Crippen molar-refractivity contribution in [2.75, 3.05) is 0 Å². The highest BCUT2D eigenvalue weighted by Crippen LogP contribution is 2.21. The molecule has 0 aliphatic carbocycles. The van der Waals surface area contributed by atoms with Crippen LogP contribution in [0.3, 0.4) is 0 Å². The first-order chi connectivity index (χ1) is 7.30. The van der Waals surface area contributed by atoms with E-state index >= 15 is 0 Å². The van der Waals surface area contributed by atoms with Crippen LogP contribution in [0.5, 0.6) is 0 Å². The fourth-order valence-corrected chi connectivity index (χ4v) is 2.68. The number of rotatable bonds is 6. The van der Waals surface area contributed by atoms with Gasteiger partial charge in [-0.2, -0.15) is 26.0 Å². The van der Waals surface area contributed by atoms with Gasteiger partial charge in [0.05, 0.1) is 0 Å². The van der Waals surface area contributed by atoms with Crippen LogP contribution in [0.25, 0.3) is 0 Å². The Balaban J connectivity index is 2.86. The van der Waals surface area contributed by atoms with Crippen molar-refractivity contribution in [3.63, 3.8) is 0 Å². The molecule has 73 valence electrons. The maximum atomic E-state index is 5.60. The lowest BCUT2D eigenvalue weighted by Gasteiger charge is -2.08. The van der Waals surface area contributed by atoms with Crippen LogP contribution >= 0.6 is 26.0 Å². The lowest BCUT2D eigenvalue weighted by molar-refractivity contribution is 1.26. The average Bonchev–Trinajstić information content (AvgIpc) is 2.19. The molecule has 0 spiro atoms. The van der Waals surface area contributed by atoms with Gasteiger partial charge in [0.15, 0.2) is 0 Å². The molecule has 1 aromatic carbocycles. The monoisotopic (exact) mass is 247 g/mol. The molecule has 0 aliphatic rings. The molecule has 6 heteroatoms. The fourth-order valence-electron chi connectivity index (χ4n) is 1.53. The van der Waals surface area contributed by atoms with Crippen LogP contribution in [0.4, 0.5) is 0 Å². The summed E-state index contributed by atoms with van der Waals surface area (Å²) in [5.41, 5.74) is 4.04. The molecule has 0 fully saturated rings. The second-order valence-electron chi connectivity index (χ2n) is 3.36. The van der Waals surface area contributed by atoms with Crippen LogP contribution in [-0.2, 0) is 18.6 Å². The SMILES string of the molecule is [B]PCc1cc(C[B]P)cc(CP[B])c1. The Morgan fingerprint density at radius 3 is 1.87 bits per heavy atom. The predicted molar refractivity (Wildman–Crippen MR) is 81.2 cm³/mol. The molecular formula is C9H13B3P3. The zero-order valence-corrected chi connectivity index (χ0v) is 11.8. The van der Waals surface area contributed by atoms with Crippen LogP contribution in [0, 0.1) is 0 Å². The zero-order valence-electron chi connectivity index (χ0n) is 8.66. The highest BCUT2D eigenvalue weighted by atomic mass is 31.1. The maximum absolute atomic E-state index is 5.60. The van der Waals surface area contributed by atoms with E-state index in [0.29, 0.717) is 16.9 Å². The summed E-state index contributed by atoms with van der Waals surface area (Å²) in [5.74, 6) is 0. The van der Waals surface area contributed by atoms with Gasteiger partial charge in [-0.05, 0) is 23.5 Å². The van der Waals surface area contributed by atoms with E-state index in [4.69, 9.17) is 15.1 Å². The summed E-state index contributed by atoms with van der Waals surface area (Å²) in [5, 5.41) is 0. The summed E-state index contributed by atoms with van der Waals surface area (Å²) in [4.78, 5) is 0. The first-order valence-electron chi connectivity index (χ1n) is 4.82. The molecule has 15 heavy (non-hydrogen) atoms. The molecule has 0 aliphatic heterocycles. The Bertz CT molecular complexity index is 247. The minimum Gasteiger partial charge on any atom is -0.178 e. The molecule has 3 unspecified atom stereocenters. The molecule has 3 atom stereocenters. The van der Waals surface area contributed by atoms with E-state index < -0.39 is 0 Å². The Kier molecular flexibility index (Phi) is 7.25. The summed E-state index contributed by atoms with van der Waals surface area (Å²) in [6.07, 6.45) is 2.95. The molecule has 0 heterocycles. The molecule has 0 N–H and O–H groups in total. The molecule has 0 saturated carbocycles. The number of hydrogen-bond acceptors (Lipinski definition) is 0. The Morgan fingerprint density at radius 2 is 1.47 bits per heavy atom. The van der Waals surface area contributed by atoms with E-state index in [1.165, 1.54) is 16.7 Å². The van der Waals surface area contributed by atoms with E-state index in [1.807, 2.05) is 0 Å². The third kappa shape index (κ3) is 5.04. The summed E-state index contributed by atoms with van der Waals surface area (Å²) < 4.78 is 0. The van der Waals surface area contributed by atoms with Gasteiger partial charge in [0.25, 0.3) is 0 Å². The van der Waals surface area contributed by atoms with Crippen LogP contribution < -0.4 is 0 Å². The standard InChI is InChI=1S/C9H13B3P3/c10-14-5-8-1-7(4-12-13)2-9(3-8)6-15-11/h1-3,14-15H,4-6,13H2. The van der Waals surface area contributed by atoms with Gasteiger partial charge >= 0.3 is 0 Å². The van der Waals surface area contributed by atoms with Gasteiger partial charge in [-0.3, -0.25) is 0 Å². The Morgan fingerprint density at radius 1 is 1.00 bits per heavy atom. The van der Waals surface area contributed by atoms with Crippen molar-refractivity contribution in [2.45, 2.75) is 18.6 Å². The normalized spacial score (nSPS) is 11.8. The van der Waals surface area contributed by atoms with E-state index in [0.717, 1.165) is 18.6 Å². The summed E-state index contributed by atoms with van der Waals surface area (Å²) >= 11 is 0. The van der Waals surface area contributed by atoms with E-state index in [-0.39, 0.29) is 0 Å². The zero-order chi connectivity index (χ0) is 11.1. The first kappa shape index (κ1) is 13.8. The largest absolute Gasteiger partial charge is 0.178 e. The lowest BCUT2D eigenvalue weighted by atomic mass is 9.93. The van der Waals surface area contributed by atoms with Gasteiger partial charge in [0.2, 0.25) is 0 Å². The van der Waals surface area contributed by atoms with Crippen LogP contribution in [0.2, 0.25) is 0 Å². The summed E-state index contributed by atoms with van der Waals surface area (Å²) in [6.45, 7) is 2.10. The van der Waals surface area contributed by atoms with Gasteiger partial charge in [0.1, 0.15) is 22.1 Å². The first-order valence-corrected chi connectivity index (χ1v) is 8.05. The van der Waals surface area contributed by atoms with Crippen molar-refractivity contribution >= 4 is 48.2 Å². The molecule has 0 saturated heterocycles. The third-order valence-electron chi connectivity index (χ3n) is 2.08. The smallest absolute Gasteiger partial charge is 0.143 e. The van der Waals surface area contributed by atoms with E-state index in [1.54, 1.807) is 0 Å². The average molecular weight is 247 g/mol. The minimum atomic E-state index is 0.488. The highest BCUT2D eigenvalue weighted by molar-refractivity contribution is 7.65. The Labute approximate surface area is 102 Å². The van der Waals surface area contributed by atoms with Gasteiger partial charge in [-0.1, -0.05) is 30.1 Å². The van der Waals surface area contributed by atoms with Crippen LogP contribution in [0.1, 0.15) is 16.7 Å². The van der Waals surface area contributed by atoms with Crippen molar-refractivity contribution in [3.8, 4) is 0 Å². The lowest BCUT2D eigenvalue weighted by Crippen LogP contribution is -1.94. The van der Waals surface area contributed by atoms with E-state index in [9.17, 15) is 0 Å². The van der Waals surface area contributed by atoms with Gasteiger partial charge in [-0.15, -0.1) is 0 Å². The van der Waals surface area contributed by atoms with Crippen molar-refractivity contribution in [1.29, 1.82) is 0 Å². The number of hydrogen-bond donors (Lipinski definition) is 0. The van der Waals surface area contributed by atoms with Gasteiger partial charge in [-0.25, -0.2) is 0 Å². The summed E-state index contributed by atoms with van der Waals surface area (Å²) in [7, 11) is 14.8. The minimum absolute atomic E-state index is 0.488. The molecule has 0 nitrogen and oxygen atoms in total. The highest BCUT2D eigenvalue weighted by Gasteiger charge is 2.00. The quantitative estimate of drug-likeness (QED) is 0.533. The molecule has 0 amide bonds. The Hall–Kier alpha value is 0.705. The van der Waals surface area contributed by atoms with Gasteiger partial charge in [0, 0.05) is 0 Å². The van der Waals surface area contributed by atoms with Crippen molar-refractivity contribution in [3.05, 3.63) is 34.9 Å². The second kappa shape index (κ2) is 7.89. The predicted octanol–water partition coefficient (Wildman–Crippen LogP) is 2.20. The summed E-state index contributed by atoms with van der Waals surface area (Å²) in [6, 6.07) is 6.71. The van der Waals surface area contributed by atoms with Crippen molar-refractivity contribution < 1.29 is 0 Å². The van der Waals surface area contributed by atoms with Crippen LogP contribution in [-0.4, -0.2) is 22.1 Å². The third-order valence-corrected chi connectivity index (χ3v) is 3.54. The molecule has 0 aromatic heterocycles. The molecule has 1 rings (SSSR count). The molecule has 0 bridgehead atoms. The maximum Gasteiger partial charge on any atom is 0.143 e. The van der Waals surface area contributed by atoms with Gasteiger partial charge < -0.3 is 0 Å². The van der Waals surface area contributed by atoms with E-state index in [2.05, 4.69) is 34.3 Å². The van der Waals surface area contributed by atoms with Crippen LogP contribution in [0.15, 0.2) is 18.2 Å². The van der Waals surface area contributed by atoms with Crippen molar-refractivity contribution in [2.24, 2.45) is 0 Å². The number of benzene rings is 1. The molecular weight excluding hydrogens is 233 g/mol. The van der Waals surface area contributed by atoms with Crippen molar-refractivity contribution in [1.82, 2.24) is 0 Å².